The Labute approximate surface area is 115 Å². The number of hydrogen-bond donors (Lipinski definition) is 0. The van der Waals surface area contributed by atoms with E-state index in [9.17, 15) is 19.7 Å². The van der Waals surface area contributed by atoms with Gasteiger partial charge in [-0.25, -0.2) is 0 Å². The number of nitrogens with zero attached hydrogens (tertiary/aromatic N) is 4. The first kappa shape index (κ1) is 14.2. The van der Waals surface area contributed by atoms with E-state index in [1.54, 1.807) is 0 Å². The van der Waals surface area contributed by atoms with Gasteiger partial charge in [0.25, 0.3) is 0 Å². The third kappa shape index (κ3) is 2.69. The van der Waals surface area contributed by atoms with Crippen LogP contribution in [0.15, 0.2) is 12.1 Å². The van der Waals surface area contributed by atoms with Crippen LogP contribution in [0.2, 0.25) is 0 Å². The zero-order valence-corrected chi connectivity index (χ0v) is 11.1. The zero-order valence-electron chi connectivity index (χ0n) is 11.1. The molecule has 1 aromatic carbocycles. The largest absolute Gasteiger partial charge is 0.619 e. The molecule has 1 aliphatic heterocycles. The molecule has 0 bridgehead atoms. The van der Waals surface area contributed by atoms with Crippen molar-refractivity contribution in [3.05, 3.63) is 33.3 Å². The minimum atomic E-state index is -0.950. The second-order valence-corrected chi connectivity index (χ2v) is 4.72. The Kier molecular flexibility index (Phi) is 3.84. The van der Waals surface area contributed by atoms with Crippen molar-refractivity contribution in [3.8, 4) is 0 Å². The van der Waals surface area contributed by atoms with Crippen LogP contribution in [0.4, 0.5) is 21.5 Å². The lowest BCUT2D eigenvalue weighted by Crippen LogP contribution is -2.44. The number of anilines is 1. The number of likely N-dealkylation sites (N-methyl/N-ethyl adjacent to an activating group) is 1. The van der Waals surface area contributed by atoms with Crippen LogP contribution in [0.25, 0.3) is 0 Å². The van der Waals surface area contributed by atoms with Crippen molar-refractivity contribution in [3.63, 3.8) is 0 Å². The monoisotopic (exact) mass is 282 g/mol. The summed E-state index contributed by atoms with van der Waals surface area (Å²) < 4.78 is 14.0. The molecule has 108 valence electrons. The van der Waals surface area contributed by atoms with E-state index in [1.165, 1.54) is 0 Å². The van der Waals surface area contributed by atoms with E-state index in [-0.39, 0.29) is 10.4 Å². The van der Waals surface area contributed by atoms with Crippen molar-refractivity contribution in [2.24, 2.45) is 0 Å². The van der Waals surface area contributed by atoms with Crippen LogP contribution in [0, 0.1) is 21.1 Å². The van der Waals surface area contributed by atoms with Gasteiger partial charge in [-0.3, -0.25) is 10.1 Å². The number of nitro benzene ring substituents is 1. The Hall–Kier alpha value is -2.22. The van der Waals surface area contributed by atoms with Crippen LogP contribution < -0.4 is 4.90 Å². The van der Waals surface area contributed by atoms with Gasteiger partial charge in [0, 0.05) is 32.2 Å². The van der Waals surface area contributed by atoms with E-state index in [1.807, 2.05) is 11.9 Å². The first-order chi connectivity index (χ1) is 9.40. The summed E-state index contributed by atoms with van der Waals surface area (Å²) >= 11 is 0. The number of piperazine rings is 1. The van der Waals surface area contributed by atoms with E-state index >= 15 is 0 Å². The molecule has 2 rings (SSSR count). The maximum Gasteiger partial charge on any atom is 0.311 e. The molecule has 1 fully saturated rings. The highest BCUT2D eigenvalue weighted by molar-refractivity contribution is 5.68. The molecule has 20 heavy (non-hydrogen) atoms. The Balaban J connectivity index is 2.44. The maximum absolute atomic E-state index is 13.8. The molecule has 0 saturated carbocycles. The van der Waals surface area contributed by atoms with E-state index in [2.05, 4.69) is 11.6 Å². The van der Waals surface area contributed by atoms with Gasteiger partial charge in [-0.1, -0.05) is 0 Å². The van der Waals surface area contributed by atoms with Crippen LogP contribution in [-0.4, -0.2) is 54.5 Å². The van der Waals surface area contributed by atoms with E-state index in [0.29, 0.717) is 18.8 Å². The first-order valence-corrected chi connectivity index (χ1v) is 6.09. The van der Waals surface area contributed by atoms with Crippen molar-refractivity contribution < 1.29 is 14.1 Å². The van der Waals surface area contributed by atoms with E-state index < -0.39 is 16.4 Å². The molecule has 0 aromatic heterocycles. The predicted molar refractivity (Wildman–Crippen MR) is 73.2 cm³/mol. The number of halogens is 1. The Morgan fingerprint density at radius 1 is 1.20 bits per heavy atom. The summed E-state index contributed by atoms with van der Waals surface area (Å²) in [6.07, 6.45) is 0. The highest BCUT2D eigenvalue weighted by Crippen LogP contribution is 2.34. The summed E-state index contributed by atoms with van der Waals surface area (Å²) in [5.74, 6) is -0.950. The molecule has 0 spiro atoms. The fraction of sp³-hybridized carbons (Fsp3) is 0.417. The summed E-state index contributed by atoms with van der Waals surface area (Å²) in [6, 6.07) is 1.97. The van der Waals surface area contributed by atoms with Gasteiger partial charge in [0.2, 0.25) is 11.5 Å². The quantitative estimate of drug-likeness (QED) is 0.275. The highest BCUT2D eigenvalue weighted by Gasteiger charge is 2.26. The summed E-state index contributed by atoms with van der Waals surface area (Å²) in [5, 5.41) is 22.2. The number of nitro groups is 1. The van der Waals surface area contributed by atoms with Gasteiger partial charge < -0.3 is 15.0 Å². The normalized spacial score (nSPS) is 16.2. The molecular weight excluding hydrogens is 267 g/mol. The molecule has 8 heteroatoms. The van der Waals surface area contributed by atoms with Gasteiger partial charge in [0.05, 0.1) is 11.0 Å². The average Bonchev–Trinajstić information content (AvgIpc) is 2.38. The van der Waals surface area contributed by atoms with Gasteiger partial charge in [-0.2, -0.15) is 9.13 Å². The summed E-state index contributed by atoms with van der Waals surface area (Å²) in [7, 11) is 1.97. The highest BCUT2D eigenvalue weighted by atomic mass is 19.1. The van der Waals surface area contributed by atoms with Crippen molar-refractivity contribution in [2.75, 3.05) is 38.1 Å². The first-order valence-electron chi connectivity index (χ1n) is 6.09. The van der Waals surface area contributed by atoms with Gasteiger partial charge >= 0.3 is 5.69 Å². The number of hydrogen-bond acceptors (Lipinski definition) is 5. The molecule has 0 atom stereocenters. The van der Waals surface area contributed by atoms with Crippen molar-refractivity contribution in [1.29, 1.82) is 0 Å². The van der Waals surface area contributed by atoms with E-state index in [0.717, 1.165) is 25.2 Å². The van der Waals surface area contributed by atoms with Gasteiger partial charge in [-0.05, 0) is 7.05 Å². The molecule has 7 nitrogen and oxygen atoms in total. The lowest BCUT2D eigenvalue weighted by Gasteiger charge is -2.34. The lowest BCUT2D eigenvalue weighted by atomic mass is 10.2. The molecule has 0 unspecified atom stereocenters. The topological polar surface area (TPSA) is 75.7 Å². The lowest BCUT2D eigenvalue weighted by molar-refractivity contribution is -0.389. The van der Waals surface area contributed by atoms with Crippen LogP contribution in [0.5, 0.6) is 0 Å². The third-order valence-corrected chi connectivity index (χ3v) is 3.35. The molecule has 0 radical (unpaired) electrons. The zero-order chi connectivity index (χ0) is 14.9. The summed E-state index contributed by atoms with van der Waals surface area (Å²) in [4.78, 5) is 13.8. The van der Waals surface area contributed by atoms with Crippen LogP contribution >= 0.6 is 0 Å². The van der Waals surface area contributed by atoms with Crippen molar-refractivity contribution in [1.82, 2.24) is 4.90 Å². The third-order valence-electron chi connectivity index (χ3n) is 3.35. The smallest absolute Gasteiger partial charge is 0.311 e. The Morgan fingerprint density at radius 3 is 2.30 bits per heavy atom. The standard InChI is InChI=1S/C12H15FN4O3/c1-14-3-5-16(6-4-14)12-7-9(13)10(17(19)20)8-11(12)15(2)18/h7-8H,2-6H2,1H3. The van der Waals surface area contributed by atoms with E-state index in [4.69, 9.17) is 0 Å². The number of benzene rings is 1. The molecule has 0 amide bonds. The van der Waals surface area contributed by atoms with Crippen molar-refractivity contribution in [2.45, 2.75) is 0 Å². The minimum Gasteiger partial charge on any atom is -0.619 e. The average molecular weight is 282 g/mol. The second-order valence-electron chi connectivity index (χ2n) is 4.72. The van der Waals surface area contributed by atoms with Gasteiger partial charge in [0.15, 0.2) is 0 Å². The van der Waals surface area contributed by atoms with Gasteiger partial charge in [0.1, 0.15) is 12.4 Å². The maximum atomic E-state index is 13.8. The molecule has 1 saturated heterocycles. The fourth-order valence-corrected chi connectivity index (χ4v) is 2.18. The molecule has 1 aromatic rings. The van der Waals surface area contributed by atoms with Crippen LogP contribution in [-0.2, 0) is 0 Å². The van der Waals surface area contributed by atoms with Crippen LogP contribution in [0.1, 0.15) is 0 Å². The fourth-order valence-electron chi connectivity index (χ4n) is 2.18. The predicted octanol–water partition coefficient (Wildman–Crippen LogP) is 1.33. The summed E-state index contributed by atoms with van der Waals surface area (Å²) in [5.41, 5.74) is -0.378. The number of rotatable bonds is 3. The summed E-state index contributed by atoms with van der Waals surface area (Å²) in [6.45, 7) is 5.99. The molecule has 1 heterocycles. The Bertz CT molecular complexity index is 556. The van der Waals surface area contributed by atoms with Crippen molar-refractivity contribution >= 4 is 23.8 Å². The molecule has 0 aliphatic carbocycles. The van der Waals surface area contributed by atoms with Crippen LogP contribution in [0.3, 0.4) is 0 Å². The molecule has 0 N–H and O–H groups in total. The molecular formula is C12H15FN4O3. The molecule has 1 aliphatic rings. The SMILES string of the molecule is C=[N+]([O-])c1cc([N+](=O)[O-])c(F)cc1N1CCN(C)CC1. The van der Waals surface area contributed by atoms with Gasteiger partial charge in [-0.15, -0.1) is 0 Å². The minimum absolute atomic E-state index is 0.00246. The second kappa shape index (κ2) is 5.41. The Morgan fingerprint density at radius 2 is 1.80 bits per heavy atom.